The van der Waals surface area contributed by atoms with Gasteiger partial charge in [0.25, 0.3) is 0 Å². The second-order valence-corrected chi connectivity index (χ2v) is 9.06. The Morgan fingerprint density at radius 1 is 0.970 bits per heavy atom. The van der Waals surface area contributed by atoms with Crippen molar-refractivity contribution in [1.29, 1.82) is 0 Å². The summed E-state index contributed by atoms with van der Waals surface area (Å²) in [5, 5.41) is 5.36. The molecule has 0 saturated carbocycles. The van der Waals surface area contributed by atoms with Gasteiger partial charge in [0.05, 0.1) is 12.5 Å². The Labute approximate surface area is 194 Å². The highest BCUT2D eigenvalue weighted by molar-refractivity contribution is 5.89. The molecule has 0 bridgehead atoms. The van der Waals surface area contributed by atoms with Crippen LogP contribution in [0.3, 0.4) is 0 Å². The lowest BCUT2D eigenvalue weighted by atomic mass is 9.90. The van der Waals surface area contributed by atoms with Crippen LogP contribution in [0.15, 0.2) is 67.0 Å². The summed E-state index contributed by atoms with van der Waals surface area (Å²) in [7, 11) is 0. The third-order valence-corrected chi connectivity index (χ3v) is 7.09. The zero-order valence-corrected chi connectivity index (χ0v) is 18.8. The standard InChI is InChI=1S/C27H30N4O2/c32-26(30-15-10-21(11-16-30)20-8-12-28-13-9-20)18-25-27(33)29-14-17-31(25)19-23-6-3-5-22-4-1-2-7-24(22)23/h1-9,12-13,21,25H,10-11,14-19H2,(H,29,33)/t25-/m1/s1. The molecule has 3 heterocycles. The van der Waals surface area contributed by atoms with Crippen LogP contribution < -0.4 is 5.32 Å². The van der Waals surface area contributed by atoms with Gasteiger partial charge in [-0.05, 0) is 52.8 Å². The lowest BCUT2D eigenvalue weighted by molar-refractivity contribution is -0.139. The van der Waals surface area contributed by atoms with Gasteiger partial charge in [-0.2, -0.15) is 0 Å². The molecule has 0 radical (unpaired) electrons. The number of piperidine rings is 1. The van der Waals surface area contributed by atoms with Gasteiger partial charge in [-0.15, -0.1) is 0 Å². The third-order valence-electron chi connectivity index (χ3n) is 7.09. The van der Waals surface area contributed by atoms with E-state index in [1.54, 1.807) is 0 Å². The fraction of sp³-hybridized carbons (Fsp3) is 0.370. The molecule has 2 amide bonds. The first-order valence-electron chi connectivity index (χ1n) is 11.8. The minimum absolute atomic E-state index is 0.0403. The molecule has 1 aromatic heterocycles. The monoisotopic (exact) mass is 442 g/mol. The molecule has 33 heavy (non-hydrogen) atoms. The number of nitrogens with one attached hydrogen (secondary N) is 1. The van der Waals surface area contributed by atoms with Crippen molar-refractivity contribution < 1.29 is 9.59 Å². The number of benzene rings is 2. The van der Waals surface area contributed by atoms with E-state index in [4.69, 9.17) is 0 Å². The molecule has 1 atom stereocenters. The molecule has 2 aliphatic heterocycles. The second-order valence-electron chi connectivity index (χ2n) is 9.06. The van der Waals surface area contributed by atoms with Crippen molar-refractivity contribution in [1.82, 2.24) is 20.1 Å². The largest absolute Gasteiger partial charge is 0.353 e. The average Bonchev–Trinajstić information content (AvgIpc) is 2.87. The highest BCUT2D eigenvalue weighted by Gasteiger charge is 2.34. The molecule has 3 aromatic rings. The lowest BCUT2D eigenvalue weighted by Crippen LogP contribution is -2.56. The molecular weight excluding hydrogens is 412 g/mol. The van der Waals surface area contributed by atoms with Crippen molar-refractivity contribution in [3.63, 3.8) is 0 Å². The van der Waals surface area contributed by atoms with Crippen molar-refractivity contribution >= 4 is 22.6 Å². The fourth-order valence-corrected chi connectivity index (χ4v) is 5.21. The summed E-state index contributed by atoms with van der Waals surface area (Å²) >= 11 is 0. The second kappa shape index (κ2) is 9.71. The van der Waals surface area contributed by atoms with Crippen LogP contribution >= 0.6 is 0 Å². The number of carbonyl (C=O) groups excluding carboxylic acids is 2. The van der Waals surface area contributed by atoms with Gasteiger partial charge >= 0.3 is 0 Å². The van der Waals surface area contributed by atoms with Crippen molar-refractivity contribution in [2.75, 3.05) is 26.2 Å². The molecule has 0 aliphatic carbocycles. The Morgan fingerprint density at radius 3 is 2.55 bits per heavy atom. The van der Waals surface area contributed by atoms with Crippen LogP contribution in [0.2, 0.25) is 0 Å². The van der Waals surface area contributed by atoms with E-state index in [-0.39, 0.29) is 18.2 Å². The van der Waals surface area contributed by atoms with Gasteiger partial charge in [0.15, 0.2) is 0 Å². The molecule has 5 rings (SSSR count). The molecule has 2 saturated heterocycles. The molecule has 6 nitrogen and oxygen atoms in total. The van der Waals surface area contributed by atoms with Crippen LogP contribution in [0.1, 0.15) is 36.3 Å². The van der Waals surface area contributed by atoms with E-state index >= 15 is 0 Å². The normalized spacial score (nSPS) is 20.1. The van der Waals surface area contributed by atoms with Gasteiger partial charge in [-0.3, -0.25) is 19.5 Å². The predicted molar refractivity (Wildman–Crippen MR) is 129 cm³/mol. The van der Waals surface area contributed by atoms with Crippen LogP contribution in [0, 0.1) is 0 Å². The average molecular weight is 443 g/mol. The zero-order valence-electron chi connectivity index (χ0n) is 18.8. The highest BCUT2D eigenvalue weighted by atomic mass is 16.2. The van der Waals surface area contributed by atoms with E-state index in [2.05, 4.69) is 57.7 Å². The molecular formula is C27H30N4O2. The van der Waals surface area contributed by atoms with E-state index in [9.17, 15) is 9.59 Å². The molecule has 0 spiro atoms. The van der Waals surface area contributed by atoms with Gasteiger partial charge in [-0.1, -0.05) is 42.5 Å². The summed E-state index contributed by atoms with van der Waals surface area (Å²) in [6.45, 7) is 3.51. The van der Waals surface area contributed by atoms with E-state index in [0.717, 1.165) is 32.5 Å². The SMILES string of the molecule is O=C1NCCN(Cc2cccc3ccccc23)[C@@H]1CC(=O)N1CCC(c2ccncc2)CC1. The summed E-state index contributed by atoms with van der Waals surface area (Å²) < 4.78 is 0. The number of hydrogen-bond donors (Lipinski definition) is 1. The Kier molecular flexibility index (Phi) is 6.35. The van der Waals surface area contributed by atoms with Gasteiger partial charge in [0.1, 0.15) is 0 Å². The fourth-order valence-electron chi connectivity index (χ4n) is 5.21. The predicted octanol–water partition coefficient (Wildman–Crippen LogP) is 3.33. The first-order chi connectivity index (χ1) is 16.2. The molecule has 170 valence electrons. The molecule has 2 fully saturated rings. The molecule has 0 unspecified atom stereocenters. The summed E-state index contributed by atoms with van der Waals surface area (Å²) in [6, 6.07) is 18.3. The number of hydrogen-bond acceptors (Lipinski definition) is 4. The van der Waals surface area contributed by atoms with Gasteiger partial charge in [0, 0.05) is 45.1 Å². The summed E-state index contributed by atoms with van der Waals surface area (Å²) in [5.41, 5.74) is 2.49. The van der Waals surface area contributed by atoms with Crippen LogP contribution in [-0.2, 0) is 16.1 Å². The number of carbonyl (C=O) groups is 2. The molecule has 6 heteroatoms. The van der Waals surface area contributed by atoms with Crippen molar-refractivity contribution in [2.24, 2.45) is 0 Å². The van der Waals surface area contributed by atoms with E-state index in [1.165, 1.54) is 21.9 Å². The number of fused-ring (bicyclic) bond motifs is 1. The Balaban J connectivity index is 1.25. The maximum atomic E-state index is 13.2. The maximum absolute atomic E-state index is 13.2. The van der Waals surface area contributed by atoms with Gasteiger partial charge < -0.3 is 10.2 Å². The summed E-state index contributed by atoms with van der Waals surface area (Å²) in [5.74, 6) is 0.507. The van der Waals surface area contributed by atoms with Crippen LogP contribution in [0.5, 0.6) is 0 Å². The van der Waals surface area contributed by atoms with Gasteiger partial charge in [-0.25, -0.2) is 0 Å². The smallest absolute Gasteiger partial charge is 0.237 e. The van der Waals surface area contributed by atoms with Gasteiger partial charge in [0.2, 0.25) is 11.8 Å². The maximum Gasteiger partial charge on any atom is 0.237 e. The number of amides is 2. The molecule has 2 aromatic carbocycles. The van der Waals surface area contributed by atoms with E-state index in [0.29, 0.717) is 19.0 Å². The first kappa shape index (κ1) is 21.6. The zero-order chi connectivity index (χ0) is 22.6. The topological polar surface area (TPSA) is 65.5 Å². The molecule has 2 aliphatic rings. The number of aromatic nitrogens is 1. The van der Waals surface area contributed by atoms with Crippen molar-refractivity contribution in [3.8, 4) is 0 Å². The third kappa shape index (κ3) is 4.76. The first-order valence-corrected chi connectivity index (χ1v) is 11.8. The van der Waals surface area contributed by atoms with E-state index in [1.807, 2.05) is 29.4 Å². The van der Waals surface area contributed by atoms with E-state index < -0.39 is 6.04 Å². The minimum Gasteiger partial charge on any atom is -0.353 e. The Bertz CT molecular complexity index is 1120. The molecule has 1 N–H and O–H groups in total. The summed E-state index contributed by atoms with van der Waals surface area (Å²) in [6.07, 6.45) is 5.80. The van der Waals surface area contributed by atoms with Crippen LogP contribution in [0.25, 0.3) is 10.8 Å². The number of rotatable bonds is 5. The Hall–Kier alpha value is -3.25. The highest BCUT2D eigenvalue weighted by Crippen LogP contribution is 2.28. The number of likely N-dealkylation sites (tertiary alicyclic amines) is 1. The summed E-state index contributed by atoms with van der Waals surface area (Å²) in [4.78, 5) is 34.2. The lowest BCUT2D eigenvalue weighted by Gasteiger charge is -2.37. The number of piperazine rings is 1. The number of pyridine rings is 1. The Morgan fingerprint density at radius 2 is 1.73 bits per heavy atom. The van der Waals surface area contributed by atoms with Crippen LogP contribution in [0.4, 0.5) is 0 Å². The van der Waals surface area contributed by atoms with Crippen molar-refractivity contribution in [2.45, 2.75) is 37.8 Å². The van der Waals surface area contributed by atoms with Crippen molar-refractivity contribution in [3.05, 3.63) is 78.1 Å². The minimum atomic E-state index is -0.428. The van der Waals surface area contributed by atoms with Crippen LogP contribution in [-0.4, -0.2) is 58.8 Å². The number of nitrogens with zero attached hydrogens (tertiary/aromatic N) is 3. The quantitative estimate of drug-likeness (QED) is 0.658.